The van der Waals surface area contributed by atoms with Gasteiger partial charge in [0, 0.05) is 10.8 Å². The Bertz CT molecular complexity index is 1280. The van der Waals surface area contributed by atoms with E-state index in [1.165, 1.54) is 0 Å². The Morgan fingerprint density at radius 1 is 0.968 bits per heavy atom. The van der Waals surface area contributed by atoms with E-state index in [1.54, 1.807) is 24.4 Å². The van der Waals surface area contributed by atoms with E-state index in [4.69, 9.17) is 4.74 Å². The predicted molar refractivity (Wildman–Crippen MR) is 124 cm³/mol. The minimum atomic E-state index is -0.291. The highest BCUT2D eigenvalue weighted by molar-refractivity contribution is 5.95. The van der Waals surface area contributed by atoms with Gasteiger partial charge in [-0.15, -0.1) is 0 Å². The molecule has 0 aliphatic carbocycles. The average molecular weight is 411 g/mol. The number of fused-ring (bicyclic) bond motifs is 2. The third-order valence-electron chi connectivity index (χ3n) is 4.83. The molecule has 0 spiro atoms. The van der Waals surface area contributed by atoms with Gasteiger partial charge in [-0.3, -0.25) is 9.59 Å². The Labute approximate surface area is 179 Å². The summed E-state index contributed by atoms with van der Waals surface area (Å²) in [6.45, 7) is 4.09. The molecular weight excluding hydrogens is 390 g/mol. The maximum atomic E-state index is 12.8. The van der Waals surface area contributed by atoms with Crippen molar-refractivity contribution in [2.24, 2.45) is 5.10 Å². The monoisotopic (exact) mass is 411 g/mol. The van der Waals surface area contributed by atoms with Crippen molar-refractivity contribution in [2.45, 2.75) is 6.54 Å². The summed E-state index contributed by atoms with van der Waals surface area (Å²) in [7, 11) is 0. The molecule has 0 bridgehead atoms. The van der Waals surface area contributed by atoms with Crippen molar-refractivity contribution in [3.63, 3.8) is 0 Å². The number of ether oxygens (including phenoxy) is 1. The Morgan fingerprint density at radius 2 is 1.58 bits per heavy atom. The average Bonchev–Trinajstić information content (AvgIpc) is 2.81. The zero-order valence-electron chi connectivity index (χ0n) is 16.8. The van der Waals surface area contributed by atoms with Crippen LogP contribution < -0.4 is 15.6 Å². The van der Waals surface area contributed by atoms with E-state index >= 15 is 0 Å². The van der Waals surface area contributed by atoms with Crippen LogP contribution in [0.3, 0.4) is 0 Å². The molecule has 1 aromatic heterocycles. The van der Waals surface area contributed by atoms with Crippen LogP contribution in [0.2, 0.25) is 0 Å². The number of para-hydroxylation sites is 2. The molecule has 0 atom stereocenters. The largest absolute Gasteiger partial charge is 0.490 e. The highest BCUT2D eigenvalue weighted by atomic mass is 16.5. The molecule has 31 heavy (non-hydrogen) atoms. The quantitative estimate of drug-likeness (QED) is 0.217. The van der Waals surface area contributed by atoms with E-state index in [1.807, 2.05) is 65.2 Å². The molecule has 154 valence electrons. The van der Waals surface area contributed by atoms with Gasteiger partial charge in [0.25, 0.3) is 5.91 Å². The van der Waals surface area contributed by atoms with Gasteiger partial charge in [0.1, 0.15) is 18.9 Å². The summed E-state index contributed by atoms with van der Waals surface area (Å²) in [5.41, 5.74) is 4.76. The first-order valence-corrected chi connectivity index (χ1v) is 9.83. The van der Waals surface area contributed by atoms with Crippen LogP contribution in [-0.4, -0.2) is 23.3 Å². The van der Waals surface area contributed by atoms with Crippen LogP contribution >= 0.6 is 0 Å². The summed E-state index contributed by atoms with van der Waals surface area (Å²) in [4.78, 5) is 25.4. The molecule has 0 unspecified atom stereocenters. The number of hydrogen-bond acceptors (Lipinski definition) is 4. The standard InChI is InChI=1S/C25H21N3O3/c1-2-15-31-19-13-11-18(12-14-19)16-26-27-24(29)17-28-22-9-5-3-7-20(22)25(30)21-8-4-6-10-23(21)28/h2-14,16H,1,15,17H2,(H,27,29). The molecule has 6 nitrogen and oxygen atoms in total. The number of amides is 1. The molecule has 1 amide bonds. The lowest BCUT2D eigenvalue weighted by atomic mass is 10.1. The number of pyridine rings is 1. The lowest BCUT2D eigenvalue weighted by molar-refractivity contribution is -0.121. The smallest absolute Gasteiger partial charge is 0.260 e. The normalized spacial score (nSPS) is 11.1. The maximum absolute atomic E-state index is 12.8. The lowest BCUT2D eigenvalue weighted by Gasteiger charge is -2.14. The second-order valence-electron chi connectivity index (χ2n) is 6.91. The van der Waals surface area contributed by atoms with Crippen LogP contribution in [-0.2, 0) is 11.3 Å². The SMILES string of the molecule is C=CCOc1ccc(C=NNC(=O)Cn2c3ccccc3c(=O)c3ccccc32)cc1. The maximum Gasteiger partial charge on any atom is 0.260 e. The fourth-order valence-corrected chi connectivity index (χ4v) is 3.41. The van der Waals surface area contributed by atoms with Gasteiger partial charge in [0.05, 0.1) is 17.2 Å². The fraction of sp³-hybridized carbons (Fsp3) is 0.0800. The highest BCUT2D eigenvalue weighted by Gasteiger charge is 2.12. The zero-order chi connectivity index (χ0) is 21.6. The van der Waals surface area contributed by atoms with Gasteiger partial charge >= 0.3 is 0 Å². The summed E-state index contributed by atoms with van der Waals surface area (Å²) in [5.74, 6) is 0.444. The molecule has 1 heterocycles. The number of carbonyl (C=O) groups is 1. The van der Waals surface area contributed by atoms with E-state index in [-0.39, 0.29) is 17.9 Å². The van der Waals surface area contributed by atoms with E-state index < -0.39 is 0 Å². The fourth-order valence-electron chi connectivity index (χ4n) is 3.41. The molecular formula is C25H21N3O3. The van der Waals surface area contributed by atoms with Crippen molar-refractivity contribution < 1.29 is 9.53 Å². The first-order chi connectivity index (χ1) is 15.2. The molecule has 4 rings (SSSR count). The minimum absolute atomic E-state index is 0.0347. The van der Waals surface area contributed by atoms with Crippen molar-refractivity contribution in [1.29, 1.82) is 0 Å². The molecule has 4 aromatic rings. The number of nitrogens with zero attached hydrogens (tertiary/aromatic N) is 2. The van der Waals surface area contributed by atoms with E-state index in [0.717, 1.165) is 11.3 Å². The van der Waals surface area contributed by atoms with Crippen LogP contribution in [0.25, 0.3) is 21.8 Å². The molecule has 0 saturated heterocycles. The number of aromatic nitrogens is 1. The Morgan fingerprint density at radius 3 is 2.19 bits per heavy atom. The van der Waals surface area contributed by atoms with Crippen molar-refractivity contribution in [2.75, 3.05) is 6.61 Å². The van der Waals surface area contributed by atoms with Gasteiger partial charge in [-0.2, -0.15) is 5.10 Å². The molecule has 0 aliphatic rings. The van der Waals surface area contributed by atoms with Crippen LogP contribution in [0, 0.1) is 0 Å². The summed E-state index contributed by atoms with van der Waals surface area (Å²) >= 11 is 0. The molecule has 0 radical (unpaired) electrons. The lowest BCUT2D eigenvalue weighted by Crippen LogP contribution is -2.25. The highest BCUT2D eigenvalue weighted by Crippen LogP contribution is 2.19. The van der Waals surface area contributed by atoms with Crippen LogP contribution in [0.4, 0.5) is 0 Å². The number of hydrogen-bond donors (Lipinski definition) is 1. The molecule has 6 heteroatoms. The van der Waals surface area contributed by atoms with Crippen LogP contribution in [0.15, 0.2) is 95.3 Å². The first-order valence-electron chi connectivity index (χ1n) is 9.83. The summed E-state index contributed by atoms with van der Waals surface area (Å²) < 4.78 is 7.28. The number of hydrazone groups is 1. The van der Waals surface area contributed by atoms with Crippen LogP contribution in [0.1, 0.15) is 5.56 Å². The number of rotatable bonds is 7. The second kappa shape index (κ2) is 9.09. The summed E-state index contributed by atoms with van der Waals surface area (Å²) in [6, 6.07) is 21.9. The van der Waals surface area contributed by atoms with Gasteiger partial charge in [0.2, 0.25) is 0 Å². The minimum Gasteiger partial charge on any atom is -0.490 e. The predicted octanol–water partition coefficient (Wildman–Crippen LogP) is 3.87. The Hall–Kier alpha value is -4.19. The van der Waals surface area contributed by atoms with Gasteiger partial charge < -0.3 is 9.30 Å². The first kappa shape index (κ1) is 20.1. The van der Waals surface area contributed by atoms with E-state index in [9.17, 15) is 9.59 Å². The summed E-state index contributed by atoms with van der Waals surface area (Å²) in [6.07, 6.45) is 3.25. The van der Waals surface area contributed by atoms with Gasteiger partial charge in [0.15, 0.2) is 5.43 Å². The molecule has 3 aromatic carbocycles. The van der Waals surface area contributed by atoms with Crippen LogP contribution in [0.5, 0.6) is 5.75 Å². The van der Waals surface area contributed by atoms with Gasteiger partial charge in [-0.25, -0.2) is 5.43 Å². The number of nitrogens with one attached hydrogen (secondary N) is 1. The molecule has 1 N–H and O–H groups in total. The van der Waals surface area contributed by atoms with Crippen molar-refractivity contribution in [1.82, 2.24) is 9.99 Å². The zero-order valence-corrected chi connectivity index (χ0v) is 16.8. The van der Waals surface area contributed by atoms with Gasteiger partial charge in [-0.1, -0.05) is 36.9 Å². The number of benzene rings is 3. The Kier molecular flexibility index (Phi) is 5.89. The molecule has 0 saturated carbocycles. The Balaban J connectivity index is 1.53. The molecule has 0 fully saturated rings. The topological polar surface area (TPSA) is 72.7 Å². The third-order valence-corrected chi connectivity index (χ3v) is 4.83. The second-order valence-corrected chi connectivity index (χ2v) is 6.91. The van der Waals surface area contributed by atoms with Crippen molar-refractivity contribution in [3.8, 4) is 5.75 Å². The van der Waals surface area contributed by atoms with E-state index in [0.29, 0.717) is 28.4 Å². The van der Waals surface area contributed by atoms with Crippen molar-refractivity contribution >= 4 is 33.9 Å². The summed E-state index contributed by atoms with van der Waals surface area (Å²) in [5, 5.41) is 5.21. The van der Waals surface area contributed by atoms with Gasteiger partial charge in [-0.05, 0) is 54.1 Å². The molecule has 0 aliphatic heterocycles. The van der Waals surface area contributed by atoms with E-state index in [2.05, 4.69) is 17.1 Å². The number of carbonyl (C=O) groups excluding carboxylic acids is 1. The third kappa shape index (κ3) is 4.38. The van der Waals surface area contributed by atoms with Crippen molar-refractivity contribution in [3.05, 3.63) is 101 Å².